The molecule has 0 heterocycles. The average Bonchev–Trinajstić information content (AvgIpc) is 2.47. The molecule has 0 spiro atoms. The second-order valence-electron chi connectivity index (χ2n) is 6.52. The molecule has 130 valence electrons. The highest BCUT2D eigenvalue weighted by Crippen LogP contribution is 2.32. The molecule has 1 N–H and O–H groups in total. The minimum absolute atomic E-state index is 0.649. The molecule has 2 aromatic carbocycles. The van der Waals surface area contributed by atoms with Crippen LogP contribution in [0.3, 0.4) is 0 Å². The maximum Gasteiger partial charge on any atom is 0.0491 e. The van der Waals surface area contributed by atoms with Gasteiger partial charge in [-0.05, 0) is 50.3 Å². The number of nitrogens with zero attached hydrogens (tertiary/aromatic N) is 2. The molecule has 0 saturated heterocycles. The van der Waals surface area contributed by atoms with Crippen LogP contribution in [0.15, 0.2) is 30.3 Å². The first kappa shape index (κ1) is 18.9. The Morgan fingerprint density at radius 3 is 2.33 bits per heavy atom. The summed E-state index contributed by atoms with van der Waals surface area (Å²) in [5.74, 6) is 0. The number of rotatable bonds is 6. The van der Waals surface area contributed by atoms with E-state index in [2.05, 4.69) is 49.4 Å². The first-order valence-electron chi connectivity index (χ1n) is 7.91. The Hall–Kier alpha value is -1.42. The lowest BCUT2D eigenvalue weighted by Gasteiger charge is -2.21. The fourth-order valence-electron chi connectivity index (χ4n) is 2.67. The van der Waals surface area contributed by atoms with Crippen LogP contribution >= 0.6 is 23.2 Å². The van der Waals surface area contributed by atoms with Gasteiger partial charge in [0.05, 0.1) is 0 Å². The van der Waals surface area contributed by atoms with Crippen molar-refractivity contribution in [2.24, 2.45) is 0 Å². The SMILES string of the molecule is Cc1ccc(CN(C)C)cc1NCc1c(Cl)cc(Cl)cc1N(C)C. The van der Waals surface area contributed by atoms with E-state index in [1.165, 1.54) is 11.1 Å². The lowest BCUT2D eigenvalue weighted by molar-refractivity contribution is 0.402. The molecule has 2 rings (SSSR count). The summed E-state index contributed by atoms with van der Waals surface area (Å²) < 4.78 is 0. The van der Waals surface area contributed by atoms with Gasteiger partial charge < -0.3 is 15.1 Å². The summed E-state index contributed by atoms with van der Waals surface area (Å²) >= 11 is 12.6. The topological polar surface area (TPSA) is 18.5 Å². The van der Waals surface area contributed by atoms with Crippen molar-refractivity contribution in [3.05, 3.63) is 57.1 Å². The molecule has 0 aliphatic rings. The van der Waals surface area contributed by atoms with E-state index in [1.807, 2.05) is 25.1 Å². The molecule has 0 saturated carbocycles. The second-order valence-corrected chi connectivity index (χ2v) is 7.36. The van der Waals surface area contributed by atoms with E-state index in [0.717, 1.165) is 23.5 Å². The van der Waals surface area contributed by atoms with Gasteiger partial charge in [0, 0.05) is 54.2 Å². The van der Waals surface area contributed by atoms with Gasteiger partial charge in [-0.1, -0.05) is 35.3 Å². The van der Waals surface area contributed by atoms with Crippen LogP contribution in [-0.2, 0) is 13.1 Å². The van der Waals surface area contributed by atoms with E-state index in [9.17, 15) is 0 Å². The van der Waals surface area contributed by atoms with Gasteiger partial charge in [0.2, 0.25) is 0 Å². The third-order valence-electron chi connectivity index (χ3n) is 3.87. The quantitative estimate of drug-likeness (QED) is 0.773. The van der Waals surface area contributed by atoms with Gasteiger partial charge in [-0.15, -0.1) is 0 Å². The zero-order chi connectivity index (χ0) is 17.9. The minimum Gasteiger partial charge on any atom is -0.381 e. The molecular formula is C19H25Cl2N3. The van der Waals surface area contributed by atoms with Crippen molar-refractivity contribution in [2.45, 2.75) is 20.0 Å². The summed E-state index contributed by atoms with van der Waals surface area (Å²) in [6, 6.07) is 10.3. The molecule has 5 heteroatoms. The van der Waals surface area contributed by atoms with E-state index in [4.69, 9.17) is 23.2 Å². The van der Waals surface area contributed by atoms with Gasteiger partial charge in [0.25, 0.3) is 0 Å². The summed E-state index contributed by atoms with van der Waals surface area (Å²) in [4.78, 5) is 4.19. The summed E-state index contributed by atoms with van der Waals surface area (Å²) in [6.07, 6.45) is 0. The predicted octanol–water partition coefficient (Wildman–Crippen LogP) is 5.04. The first-order valence-corrected chi connectivity index (χ1v) is 8.67. The third kappa shape index (κ3) is 4.79. The summed E-state index contributed by atoms with van der Waals surface area (Å²) in [5.41, 5.74) is 5.70. The van der Waals surface area contributed by atoms with Crippen LogP contribution in [0.4, 0.5) is 11.4 Å². The Balaban J connectivity index is 2.25. The normalized spacial score (nSPS) is 11.0. The Morgan fingerprint density at radius 1 is 1.00 bits per heavy atom. The van der Waals surface area contributed by atoms with Crippen LogP contribution in [0.25, 0.3) is 0 Å². The molecule has 0 radical (unpaired) electrons. The molecule has 0 aliphatic carbocycles. The number of hydrogen-bond donors (Lipinski definition) is 1. The van der Waals surface area contributed by atoms with Gasteiger partial charge in [-0.2, -0.15) is 0 Å². The van der Waals surface area contributed by atoms with Crippen molar-refractivity contribution in [2.75, 3.05) is 38.4 Å². The number of benzene rings is 2. The molecule has 2 aromatic rings. The fraction of sp³-hybridized carbons (Fsp3) is 0.368. The predicted molar refractivity (Wildman–Crippen MR) is 107 cm³/mol. The van der Waals surface area contributed by atoms with Gasteiger partial charge in [0.15, 0.2) is 0 Å². The number of aryl methyl sites for hydroxylation is 1. The Kier molecular flexibility index (Phi) is 6.39. The summed E-state index contributed by atoms with van der Waals surface area (Å²) in [7, 11) is 8.14. The van der Waals surface area contributed by atoms with Crippen molar-refractivity contribution in [3.63, 3.8) is 0 Å². The zero-order valence-corrected chi connectivity index (χ0v) is 16.5. The van der Waals surface area contributed by atoms with Crippen molar-refractivity contribution < 1.29 is 0 Å². The first-order chi connectivity index (χ1) is 11.3. The van der Waals surface area contributed by atoms with Crippen LogP contribution in [0.2, 0.25) is 10.0 Å². The molecule has 24 heavy (non-hydrogen) atoms. The molecule has 0 amide bonds. The molecule has 3 nitrogen and oxygen atoms in total. The number of hydrogen-bond acceptors (Lipinski definition) is 3. The largest absolute Gasteiger partial charge is 0.381 e. The van der Waals surface area contributed by atoms with Crippen LogP contribution in [0.5, 0.6) is 0 Å². The van der Waals surface area contributed by atoms with Crippen molar-refractivity contribution in [1.29, 1.82) is 0 Å². The lowest BCUT2D eigenvalue weighted by Crippen LogP contribution is -2.14. The molecule has 0 bridgehead atoms. The fourth-order valence-corrected chi connectivity index (χ4v) is 3.22. The van der Waals surface area contributed by atoms with Gasteiger partial charge in [-0.25, -0.2) is 0 Å². The highest BCUT2D eigenvalue weighted by atomic mass is 35.5. The Morgan fingerprint density at radius 2 is 1.71 bits per heavy atom. The highest BCUT2D eigenvalue weighted by molar-refractivity contribution is 6.35. The molecular weight excluding hydrogens is 341 g/mol. The molecule has 0 aromatic heterocycles. The minimum atomic E-state index is 0.649. The van der Waals surface area contributed by atoms with Crippen LogP contribution < -0.4 is 10.2 Å². The monoisotopic (exact) mass is 365 g/mol. The standard InChI is InChI=1S/C19H25Cl2N3/c1-13-6-7-14(12-23(2)3)8-18(13)22-11-16-17(21)9-15(20)10-19(16)24(4)5/h6-10,22H,11-12H2,1-5H3. The van der Waals surface area contributed by atoms with E-state index in [-0.39, 0.29) is 0 Å². The van der Waals surface area contributed by atoms with Crippen LogP contribution in [0, 0.1) is 6.92 Å². The van der Waals surface area contributed by atoms with Crippen molar-refractivity contribution in [1.82, 2.24) is 4.90 Å². The van der Waals surface area contributed by atoms with Gasteiger partial charge in [0.1, 0.15) is 0 Å². The summed E-state index contributed by atoms with van der Waals surface area (Å²) in [5, 5.41) is 4.86. The third-order valence-corrected chi connectivity index (χ3v) is 4.43. The second kappa shape index (κ2) is 8.11. The van der Waals surface area contributed by atoms with E-state index in [1.54, 1.807) is 6.07 Å². The molecule has 0 aliphatic heterocycles. The molecule has 0 atom stereocenters. The average molecular weight is 366 g/mol. The van der Waals surface area contributed by atoms with E-state index < -0.39 is 0 Å². The van der Waals surface area contributed by atoms with Gasteiger partial charge >= 0.3 is 0 Å². The number of anilines is 2. The smallest absolute Gasteiger partial charge is 0.0491 e. The Labute approximate surface area is 155 Å². The molecule has 0 fully saturated rings. The van der Waals surface area contributed by atoms with E-state index >= 15 is 0 Å². The van der Waals surface area contributed by atoms with Crippen LogP contribution in [0.1, 0.15) is 16.7 Å². The Bertz CT molecular complexity index is 712. The maximum atomic E-state index is 6.43. The zero-order valence-electron chi connectivity index (χ0n) is 15.0. The van der Waals surface area contributed by atoms with Gasteiger partial charge in [-0.3, -0.25) is 0 Å². The van der Waals surface area contributed by atoms with Crippen LogP contribution in [-0.4, -0.2) is 33.1 Å². The van der Waals surface area contributed by atoms with E-state index in [0.29, 0.717) is 16.6 Å². The lowest BCUT2D eigenvalue weighted by atomic mass is 10.1. The summed E-state index contributed by atoms with van der Waals surface area (Å²) in [6.45, 7) is 3.67. The van der Waals surface area contributed by atoms with Crippen molar-refractivity contribution >= 4 is 34.6 Å². The molecule has 0 unspecified atom stereocenters. The maximum absolute atomic E-state index is 6.43. The van der Waals surface area contributed by atoms with Crippen molar-refractivity contribution in [3.8, 4) is 0 Å². The number of halogens is 2. The highest BCUT2D eigenvalue weighted by Gasteiger charge is 2.12. The number of nitrogens with one attached hydrogen (secondary N) is 1.